The fraction of sp³-hybridized carbons (Fsp3) is 0.261. The van der Waals surface area contributed by atoms with Crippen molar-refractivity contribution in [3.8, 4) is 11.3 Å². The van der Waals surface area contributed by atoms with Crippen molar-refractivity contribution in [3.63, 3.8) is 0 Å². The van der Waals surface area contributed by atoms with E-state index in [1.807, 2.05) is 32.9 Å². The molecule has 0 bridgehead atoms. The lowest BCUT2D eigenvalue weighted by molar-refractivity contribution is -0.120. The van der Waals surface area contributed by atoms with Crippen LogP contribution in [0.5, 0.6) is 0 Å². The van der Waals surface area contributed by atoms with Crippen molar-refractivity contribution in [2.24, 2.45) is 0 Å². The molecule has 0 radical (unpaired) electrons. The summed E-state index contributed by atoms with van der Waals surface area (Å²) >= 11 is 1.64. The Balaban J connectivity index is 1.41. The third-order valence-corrected chi connectivity index (χ3v) is 5.56. The molecule has 3 aromatic rings. The number of rotatable bonds is 7. The second kappa shape index (κ2) is 9.47. The Morgan fingerprint density at radius 2 is 1.72 bits per heavy atom. The first-order valence-electron chi connectivity index (χ1n) is 9.56. The van der Waals surface area contributed by atoms with Gasteiger partial charge in [0.25, 0.3) is 5.91 Å². The third-order valence-electron chi connectivity index (χ3n) is 4.78. The molecule has 29 heavy (non-hydrogen) atoms. The van der Waals surface area contributed by atoms with Gasteiger partial charge < -0.3 is 10.6 Å². The molecular weight excluding hydrogens is 382 g/mol. The highest BCUT2D eigenvalue weighted by atomic mass is 32.1. The number of benzene rings is 2. The molecule has 0 aliphatic carbocycles. The number of hydrogen-bond acceptors (Lipinski definition) is 4. The monoisotopic (exact) mass is 407 g/mol. The minimum absolute atomic E-state index is 0.0339. The van der Waals surface area contributed by atoms with Gasteiger partial charge in [-0.15, -0.1) is 11.3 Å². The van der Waals surface area contributed by atoms with Crippen molar-refractivity contribution in [1.82, 2.24) is 15.6 Å². The second-order valence-electron chi connectivity index (χ2n) is 7.03. The third kappa shape index (κ3) is 5.74. The van der Waals surface area contributed by atoms with E-state index in [1.54, 1.807) is 17.4 Å². The van der Waals surface area contributed by atoms with Crippen LogP contribution in [0.3, 0.4) is 0 Å². The Morgan fingerprint density at radius 3 is 2.38 bits per heavy atom. The number of hydrogen-bond donors (Lipinski definition) is 2. The zero-order chi connectivity index (χ0) is 20.8. The Hall–Kier alpha value is -2.99. The van der Waals surface area contributed by atoms with Gasteiger partial charge in [0.15, 0.2) is 0 Å². The Labute approximate surface area is 175 Å². The number of carbonyl (C=O) groups is 2. The number of aromatic nitrogens is 1. The smallest absolute Gasteiger partial charge is 0.251 e. The van der Waals surface area contributed by atoms with Gasteiger partial charge in [-0.25, -0.2) is 4.98 Å². The highest BCUT2D eigenvalue weighted by molar-refractivity contribution is 7.09. The first kappa shape index (κ1) is 20.7. The first-order valence-corrected chi connectivity index (χ1v) is 10.4. The molecule has 0 saturated heterocycles. The number of carbonyl (C=O) groups excluding carboxylic acids is 2. The average Bonchev–Trinajstić information content (AvgIpc) is 3.15. The molecule has 150 valence electrons. The number of nitrogens with one attached hydrogen (secondary N) is 2. The molecule has 0 unspecified atom stereocenters. The van der Waals surface area contributed by atoms with E-state index in [0.29, 0.717) is 12.1 Å². The van der Waals surface area contributed by atoms with Crippen molar-refractivity contribution in [2.45, 2.75) is 27.2 Å². The molecule has 2 N–H and O–H groups in total. The minimum atomic E-state index is -0.240. The van der Waals surface area contributed by atoms with E-state index in [9.17, 15) is 9.59 Å². The SMILES string of the molecule is Cc1nc(-c2ccc(CCNC(=O)CNC(=O)c3ccc(C)c(C)c3)cc2)cs1. The molecule has 1 heterocycles. The van der Waals surface area contributed by atoms with E-state index >= 15 is 0 Å². The zero-order valence-electron chi connectivity index (χ0n) is 16.9. The van der Waals surface area contributed by atoms with Gasteiger partial charge in [0, 0.05) is 23.1 Å². The lowest BCUT2D eigenvalue weighted by Gasteiger charge is -2.08. The summed E-state index contributed by atoms with van der Waals surface area (Å²) in [7, 11) is 0. The van der Waals surface area contributed by atoms with E-state index in [4.69, 9.17) is 0 Å². The van der Waals surface area contributed by atoms with Crippen LogP contribution in [-0.4, -0.2) is 29.9 Å². The van der Waals surface area contributed by atoms with E-state index < -0.39 is 0 Å². The summed E-state index contributed by atoms with van der Waals surface area (Å²) < 4.78 is 0. The van der Waals surface area contributed by atoms with Crippen molar-refractivity contribution in [2.75, 3.05) is 13.1 Å². The Morgan fingerprint density at radius 1 is 0.966 bits per heavy atom. The maximum Gasteiger partial charge on any atom is 0.251 e. The molecule has 0 fully saturated rings. The lowest BCUT2D eigenvalue weighted by atomic mass is 10.1. The largest absolute Gasteiger partial charge is 0.354 e. The van der Waals surface area contributed by atoms with Gasteiger partial charge in [-0.1, -0.05) is 30.3 Å². The quantitative estimate of drug-likeness (QED) is 0.625. The van der Waals surface area contributed by atoms with Gasteiger partial charge in [0.05, 0.1) is 17.2 Å². The van der Waals surface area contributed by atoms with Gasteiger partial charge in [-0.05, 0) is 56.0 Å². The highest BCUT2D eigenvalue weighted by Crippen LogP contribution is 2.21. The van der Waals surface area contributed by atoms with Crippen molar-refractivity contribution in [3.05, 3.63) is 75.1 Å². The molecule has 0 spiro atoms. The van der Waals surface area contributed by atoms with E-state index in [-0.39, 0.29) is 18.4 Å². The number of aryl methyl sites for hydroxylation is 3. The standard InChI is InChI=1S/C23H25N3O2S/c1-15-4-7-20(12-16(15)2)23(28)25-13-22(27)24-11-10-18-5-8-19(9-6-18)21-14-29-17(3)26-21/h4-9,12,14H,10-11,13H2,1-3H3,(H,24,27)(H,25,28). The molecule has 1 aromatic heterocycles. The molecule has 6 heteroatoms. The molecule has 5 nitrogen and oxygen atoms in total. The van der Waals surface area contributed by atoms with Crippen LogP contribution in [0.2, 0.25) is 0 Å². The average molecular weight is 408 g/mol. The van der Waals surface area contributed by atoms with E-state index in [2.05, 4.69) is 45.3 Å². The molecule has 0 atom stereocenters. The van der Waals surface area contributed by atoms with Gasteiger partial charge in [0.1, 0.15) is 0 Å². The maximum atomic E-state index is 12.2. The normalized spacial score (nSPS) is 10.6. The number of amides is 2. The predicted molar refractivity (Wildman–Crippen MR) is 117 cm³/mol. The lowest BCUT2D eigenvalue weighted by Crippen LogP contribution is -2.37. The van der Waals surface area contributed by atoms with Crippen LogP contribution in [0.25, 0.3) is 11.3 Å². The molecule has 3 rings (SSSR count). The summed E-state index contributed by atoms with van der Waals surface area (Å²) in [5.74, 6) is -0.437. The fourth-order valence-corrected chi connectivity index (χ4v) is 3.51. The molecule has 2 aromatic carbocycles. The van der Waals surface area contributed by atoms with Crippen LogP contribution in [0.1, 0.15) is 32.1 Å². The van der Waals surface area contributed by atoms with Crippen molar-refractivity contribution in [1.29, 1.82) is 0 Å². The maximum absolute atomic E-state index is 12.2. The first-order chi connectivity index (χ1) is 13.9. The van der Waals surface area contributed by atoms with Gasteiger partial charge in [-0.2, -0.15) is 0 Å². The Kier molecular flexibility index (Phi) is 6.77. The molecule has 2 amide bonds. The van der Waals surface area contributed by atoms with Crippen LogP contribution in [-0.2, 0) is 11.2 Å². The van der Waals surface area contributed by atoms with Crippen molar-refractivity contribution < 1.29 is 9.59 Å². The molecular formula is C23H25N3O2S. The van der Waals surface area contributed by atoms with Gasteiger partial charge in [-0.3, -0.25) is 9.59 Å². The summed E-state index contributed by atoms with van der Waals surface area (Å²) in [6, 6.07) is 13.7. The summed E-state index contributed by atoms with van der Waals surface area (Å²) in [4.78, 5) is 28.6. The van der Waals surface area contributed by atoms with Crippen LogP contribution >= 0.6 is 11.3 Å². The van der Waals surface area contributed by atoms with Gasteiger partial charge in [0.2, 0.25) is 5.91 Å². The van der Waals surface area contributed by atoms with E-state index in [0.717, 1.165) is 39.4 Å². The van der Waals surface area contributed by atoms with Crippen LogP contribution in [0.4, 0.5) is 0 Å². The predicted octanol–water partition coefficient (Wildman–Crippen LogP) is 3.82. The zero-order valence-corrected chi connectivity index (χ0v) is 17.7. The fourth-order valence-electron chi connectivity index (χ4n) is 2.89. The van der Waals surface area contributed by atoms with Crippen LogP contribution in [0.15, 0.2) is 47.8 Å². The van der Waals surface area contributed by atoms with Crippen LogP contribution < -0.4 is 10.6 Å². The van der Waals surface area contributed by atoms with Crippen LogP contribution in [0, 0.1) is 20.8 Å². The van der Waals surface area contributed by atoms with Gasteiger partial charge >= 0.3 is 0 Å². The molecule has 0 aliphatic rings. The topological polar surface area (TPSA) is 71.1 Å². The van der Waals surface area contributed by atoms with E-state index in [1.165, 1.54) is 0 Å². The molecule has 0 saturated carbocycles. The Bertz CT molecular complexity index is 1010. The highest BCUT2D eigenvalue weighted by Gasteiger charge is 2.09. The minimum Gasteiger partial charge on any atom is -0.354 e. The summed E-state index contributed by atoms with van der Waals surface area (Å²) in [5, 5.41) is 8.61. The summed E-state index contributed by atoms with van der Waals surface area (Å²) in [6.07, 6.45) is 0.729. The number of nitrogens with zero attached hydrogens (tertiary/aromatic N) is 1. The summed E-state index contributed by atoms with van der Waals surface area (Å²) in [6.45, 7) is 6.44. The number of thiazole rings is 1. The second-order valence-corrected chi connectivity index (χ2v) is 8.09. The molecule has 0 aliphatic heterocycles. The summed E-state index contributed by atoms with van der Waals surface area (Å²) in [5.41, 5.74) is 5.98. The van der Waals surface area contributed by atoms with Crippen molar-refractivity contribution >= 4 is 23.2 Å².